The largest absolute Gasteiger partial charge is 0.467 e. The molecule has 0 radical (unpaired) electrons. The van der Waals surface area contributed by atoms with E-state index in [1.165, 1.54) is 25.4 Å². The van der Waals surface area contributed by atoms with Gasteiger partial charge in [0.05, 0.1) is 30.3 Å². The lowest BCUT2D eigenvalue weighted by molar-refractivity contribution is -0.145. The summed E-state index contributed by atoms with van der Waals surface area (Å²) in [7, 11) is 1.29. The van der Waals surface area contributed by atoms with Crippen molar-refractivity contribution in [3.05, 3.63) is 41.3 Å². The minimum absolute atomic E-state index is 0.289. The van der Waals surface area contributed by atoms with Crippen LogP contribution in [0.3, 0.4) is 0 Å². The molecular formula is C22H26N6O4S. The highest BCUT2D eigenvalue weighted by Crippen LogP contribution is 2.31. The van der Waals surface area contributed by atoms with E-state index in [0.29, 0.717) is 42.8 Å². The summed E-state index contributed by atoms with van der Waals surface area (Å²) >= 11 is 1.44. The first-order valence-electron chi connectivity index (χ1n) is 10.4. The maximum Gasteiger partial charge on any atom is 0.328 e. The minimum atomic E-state index is -0.688. The van der Waals surface area contributed by atoms with E-state index in [1.54, 1.807) is 24.7 Å². The third-order valence-electron chi connectivity index (χ3n) is 5.17. The van der Waals surface area contributed by atoms with E-state index >= 15 is 0 Å². The fourth-order valence-electron chi connectivity index (χ4n) is 3.57. The van der Waals surface area contributed by atoms with Gasteiger partial charge >= 0.3 is 5.97 Å². The highest BCUT2D eigenvalue weighted by Gasteiger charge is 2.21. The van der Waals surface area contributed by atoms with Gasteiger partial charge in [0.1, 0.15) is 16.7 Å². The van der Waals surface area contributed by atoms with Crippen LogP contribution >= 0.6 is 11.3 Å². The molecule has 3 aromatic heterocycles. The van der Waals surface area contributed by atoms with Crippen LogP contribution in [0.5, 0.6) is 0 Å². The molecule has 0 bridgehead atoms. The van der Waals surface area contributed by atoms with Gasteiger partial charge in [-0.1, -0.05) is 0 Å². The smallest absolute Gasteiger partial charge is 0.328 e. The number of nitrogens with one attached hydrogen (secondary N) is 1. The van der Waals surface area contributed by atoms with E-state index in [2.05, 4.69) is 20.3 Å². The standard InChI is InChI=1S/C22H26N6O4S/c1-13-15(20(23)30)10-19(18-12-33-21(27-18)17-11-24-7-8-25-17)28(13)9-5-4-6-16(22(31)32-3)26-14(2)29/h7-8,10-12,16H,4-6,9H2,1-3H3,(H2,23,30)(H,26,29). The Hall–Kier alpha value is -3.60. The Kier molecular flexibility index (Phi) is 7.88. The quantitative estimate of drug-likeness (QED) is 0.342. The van der Waals surface area contributed by atoms with Crippen molar-refractivity contribution in [3.63, 3.8) is 0 Å². The van der Waals surface area contributed by atoms with Crippen LogP contribution in [0.15, 0.2) is 30.0 Å². The average Bonchev–Trinajstić information content (AvgIpc) is 3.40. The fraction of sp³-hybridized carbons (Fsp3) is 0.364. The molecule has 3 aromatic rings. The van der Waals surface area contributed by atoms with Gasteiger partial charge in [0.25, 0.3) is 5.91 Å². The molecule has 1 unspecified atom stereocenters. The van der Waals surface area contributed by atoms with Crippen molar-refractivity contribution in [3.8, 4) is 22.1 Å². The van der Waals surface area contributed by atoms with E-state index in [9.17, 15) is 14.4 Å². The molecule has 3 rings (SSSR count). The molecular weight excluding hydrogens is 444 g/mol. The number of hydrogen-bond donors (Lipinski definition) is 2. The summed E-state index contributed by atoms with van der Waals surface area (Å²) in [6, 6.07) is 1.06. The van der Waals surface area contributed by atoms with Gasteiger partial charge < -0.3 is 20.4 Å². The summed E-state index contributed by atoms with van der Waals surface area (Å²) in [5.74, 6) is -1.27. The molecule has 11 heteroatoms. The molecule has 3 heterocycles. The lowest BCUT2D eigenvalue weighted by atomic mass is 10.1. The molecule has 3 N–H and O–H groups in total. The third-order valence-corrected chi connectivity index (χ3v) is 6.03. The monoisotopic (exact) mass is 470 g/mol. The lowest BCUT2D eigenvalue weighted by Gasteiger charge is -2.16. The molecule has 2 amide bonds. The molecule has 10 nitrogen and oxygen atoms in total. The first kappa shape index (κ1) is 24.1. The number of nitrogens with zero attached hydrogens (tertiary/aromatic N) is 4. The fourth-order valence-corrected chi connectivity index (χ4v) is 4.34. The number of amides is 2. The Bertz CT molecular complexity index is 1140. The second-order valence-corrected chi connectivity index (χ2v) is 8.30. The highest BCUT2D eigenvalue weighted by atomic mass is 32.1. The number of nitrogens with two attached hydrogens (primary N) is 1. The van der Waals surface area contributed by atoms with Gasteiger partial charge in [-0.05, 0) is 32.3 Å². The first-order valence-corrected chi connectivity index (χ1v) is 11.3. The van der Waals surface area contributed by atoms with Crippen molar-refractivity contribution in [1.29, 1.82) is 0 Å². The Morgan fingerprint density at radius 2 is 2.03 bits per heavy atom. The van der Waals surface area contributed by atoms with E-state index in [4.69, 9.17) is 10.5 Å². The van der Waals surface area contributed by atoms with Crippen LogP contribution in [0.25, 0.3) is 22.1 Å². The van der Waals surface area contributed by atoms with Crippen molar-refractivity contribution < 1.29 is 19.1 Å². The molecule has 0 aliphatic carbocycles. The summed E-state index contributed by atoms with van der Waals surface area (Å²) in [6.45, 7) is 3.79. The summed E-state index contributed by atoms with van der Waals surface area (Å²) < 4.78 is 6.77. The summed E-state index contributed by atoms with van der Waals surface area (Å²) in [6.07, 6.45) is 6.66. The maximum absolute atomic E-state index is 12.0. The van der Waals surface area contributed by atoms with Crippen LogP contribution in [0.4, 0.5) is 0 Å². The number of ether oxygens (including phenoxy) is 1. The zero-order valence-corrected chi connectivity index (χ0v) is 19.5. The number of unbranched alkanes of at least 4 members (excludes halogenated alkanes) is 1. The number of carbonyl (C=O) groups is 3. The normalized spacial score (nSPS) is 11.7. The van der Waals surface area contributed by atoms with Crippen molar-refractivity contribution in [2.45, 2.75) is 45.7 Å². The average molecular weight is 471 g/mol. The van der Waals surface area contributed by atoms with Crippen LogP contribution in [0.2, 0.25) is 0 Å². The number of aromatic nitrogens is 4. The number of primary amides is 1. The van der Waals surface area contributed by atoms with E-state index in [1.807, 2.05) is 16.9 Å². The van der Waals surface area contributed by atoms with Crippen molar-refractivity contribution in [2.75, 3.05) is 7.11 Å². The van der Waals surface area contributed by atoms with Crippen LogP contribution in [0.1, 0.15) is 42.2 Å². The summed E-state index contributed by atoms with van der Waals surface area (Å²) in [5.41, 5.74) is 8.92. The highest BCUT2D eigenvalue weighted by molar-refractivity contribution is 7.13. The van der Waals surface area contributed by atoms with Crippen molar-refractivity contribution in [1.82, 2.24) is 24.8 Å². The number of esters is 1. The SMILES string of the molecule is COC(=O)C(CCCCn1c(-c2csc(-c3cnccn3)n2)cc(C(N)=O)c1C)NC(C)=O. The van der Waals surface area contributed by atoms with E-state index in [0.717, 1.165) is 16.4 Å². The third kappa shape index (κ3) is 5.80. The number of rotatable bonds is 10. The Morgan fingerprint density at radius 3 is 2.67 bits per heavy atom. The molecule has 0 aliphatic heterocycles. The van der Waals surface area contributed by atoms with Gasteiger partial charge in [0.2, 0.25) is 5.91 Å². The predicted molar refractivity (Wildman–Crippen MR) is 123 cm³/mol. The Morgan fingerprint density at radius 1 is 1.24 bits per heavy atom. The minimum Gasteiger partial charge on any atom is -0.467 e. The molecule has 174 valence electrons. The molecule has 0 aliphatic rings. The number of hydrogen-bond acceptors (Lipinski definition) is 8. The second kappa shape index (κ2) is 10.8. The summed E-state index contributed by atoms with van der Waals surface area (Å²) in [5, 5.41) is 5.24. The van der Waals surface area contributed by atoms with Crippen LogP contribution in [-0.4, -0.2) is 50.5 Å². The molecule has 0 saturated carbocycles. The topological polar surface area (TPSA) is 142 Å². The van der Waals surface area contributed by atoms with E-state index in [-0.39, 0.29) is 5.91 Å². The van der Waals surface area contributed by atoms with Gasteiger partial charge in [-0.15, -0.1) is 11.3 Å². The van der Waals surface area contributed by atoms with Crippen LogP contribution < -0.4 is 11.1 Å². The van der Waals surface area contributed by atoms with E-state index < -0.39 is 17.9 Å². The first-order chi connectivity index (χ1) is 15.8. The molecule has 0 spiro atoms. The van der Waals surface area contributed by atoms with Gasteiger partial charge in [-0.25, -0.2) is 9.78 Å². The van der Waals surface area contributed by atoms with Crippen LogP contribution in [0, 0.1) is 6.92 Å². The molecule has 33 heavy (non-hydrogen) atoms. The van der Waals surface area contributed by atoms with Gasteiger partial charge in [0.15, 0.2) is 0 Å². The number of carbonyl (C=O) groups excluding carboxylic acids is 3. The Balaban J connectivity index is 1.78. The van der Waals surface area contributed by atoms with Crippen molar-refractivity contribution in [2.24, 2.45) is 5.73 Å². The zero-order valence-electron chi connectivity index (χ0n) is 18.7. The molecule has 0 aromatic carbocycles. The number of thiazole rings is 1. The molecule has 1 atom stereocenters. The predicted octanol–water partition coefficient (Wildman–Crippen LogP) is 2.32. The second-order valence-electron chi connectivity index (χ2n) is 7.45. The Labute approximate surface area is 195 Å². The molecule has 0 saturated heterocycles. The lowest BCUT2D eigenvalue weighted by Crippen LogP contribution is -2.40. The van der Waals surface area contributed by atoms with Crippen molar-refractivity contribution >= 4 is 29.1 Å². The zero-order chi connectivity index (χ0) is 24.0. The van der Waals surface area contributed by atoms with Crippen LogP contribution in [-0.2, 0) is 20.9 Å². The van der Waals surface area contributed by atoms with Gasteiger partial charge in [-0.2, -0.15) is 0 Å². The molecule has 0 fully saturated rings. The van der Waals surface area contributed by atoms with Gasteiger partial charge in [0, 0.05) is 36.9 Å². The van der Waals surface area contributed by atoms with Gasteiger partial charge in [-0.3, -0.25) is 19.6 Å². The summed E-state index contributed by atoms with van der Waals surface area (Å²) in [4.78, 5) is 48.3. The maximum atomic E-state index is 12.0. The number of methoxy groups -OCH3 is 1.